The molecule has 0 spiro atoms. The molecule has 1 aromatic carbocycles. The Labute approximate surface area is 133 Å². The van der Waals surface area contributed by atoms with Gasteiger partial charge in [-0.25, -0.2) is 18.2 Å². The zero-order chi connectivity index (χ0) is 16.2. The molecule has 0 bridgehead atoms. The largest absolute Gasteiger partial charge is 0.468 e. The topological polar surface area (TPSA) is 85.4 Å². The van der Waals surface area contributed by atoms with Gasteiger partial charge >= 0.3 is 5.97 Å². The van der Waals surface area contributed by atoms with E-state index in [2.05, 4.69) is 9.71 Å². The zero-order valence-electron chi connectivity index (χ0n) is 12.1. The summed E-state index contributed by atoms with van der Waals surface area (Å²) in [6.07, 6.45) is 0. The number of rotatable bonds is 6. The normalized spacial score (nSPS) is 12.8. The third-order valence-corrected chi connectivity index (χ3v) is 4.87. The van der Waals surface area contributed by atoms with Gasteiger partial charge in [0.05, 0.1) is 18.3 Å². The molecule has 2 aromatic rings. The molecule has 2 rings (SSSR count). The molecule has 1 atom stereocenters. The van der Waals surface area contributed by atoms with Crippen LogP contribution in [0.15, 0.2) is 35.2 Å². The lowest BCUT2D eigenvalue weighted by Crippen LogP contribution is -2.35. The maximum atomic E-state index is 12.2. The third kappa shape index (κ3) is 4.36. The van der Waals surface area contributed by atoms with Gasteiger partial charge in [0.1, 0.15) is 11.8 Å². The van der Waals surface area contributed by atoms with E-state index in [1.54, 1.807) is 35.2 Å². The fourth-order valence-electron chi connectivity index (χ4n) is 1.85. The summed E-state index contributed by atoms with van der Waals surface area (Å²) in [5, 5.41) is 1.65. The molecule has 1 heterocycles. The van der Waals surface area contributed by atoms with Crippen molar-refractivity contribution < 1.29 is 17.9 Å². The number of esters is 1. The van der Waals surface area contributed by atoms with Gasteiger partial charge in [-0.3, -0.25) is 0 Å². The number of aryl methyl sites for hydroxylation is 1. The predicted molar refractivity (Wildman–Crippen MR) is 83.8 cm³/mol. The Morgan fingerprint density at radius 3 is 2.59 bits per heavy atom. The molecule has 0 aliphatic carbocycles. The Bertz CT molecular complexity index is 725. The minimum absolute atomic E-state index is 0.282. The molecule has 1 aromatic heterocycles. The molecule has 0 fully saturated rings. The average molecular weight is 340 g/mol. The lowest BCUT2D eigenvalue weighted by Gasteiger charge is -2.17. The fourth-order valence-corrected chi connectivity index (χ4v) is 3.74. The van der Waals surface area contributed by atoms with E-state index >= 15 is 0 Å². The summed E-state index contributed by atoms with van der Waals surface area (Å²) in [4.78, 5) is 15.9. The highest BCUT2D eigenvalue weighted by molar-refractivity contribution is 7.88. The number of methoxy groups -OCH3 is 1. The first-order valence-corrected chi connectivity index (χ1v) is 9.02. The first-order chi connectivity index (χ1) is 10.4. The van der Waals surface area contributed by atoms with Gasteiger partial charge in [-0.15, -0.1) is 11.3 Å². The van der Waals surface area contributed by atoms with Crippen LogP contribution >= 0.6 is 11.3 Å². The highest BCUT2D eigenvalue weighted by Gasteiger charge is 2.27. The molecule has 8 heteroatoms. The number of carbonyl (C=O) groups excluding carboxylic acids is 1. The van der Waals surface area contributed by atoms with Crippen molar-refractivity contribution in [2.45, 2.75) is 18.7 Å². The maximum absolute atomic E-state index is 12.2. The number of hydrogen-bond acceptors (Lipinski definition) is 6. The number of nitrogens with one attached hydrogen (secondary N) is 1. The Balaban J connectivity index is 2.23. The van der Waals surface area contributed by atoms with E-state index < -0.39 is 22.0 Å². The number of aromatic nitrogens is 1. The van der Waals surface area contributed by atoms with E-state index in [9.17, 15) is 13.2 Å². The standard InChI is InChI=1S/C14H16N2O4S2/c1-10-3-5-11(6-4-10)13(14(17)20-2)16-22(18,19)8-12-7-21-9-15-12/h3-7,9,13,16H,8H2,1-2H3. The Hall–Kier alpha value is -1.77. The van der Waals surface area contributed by atoms with Gasteiger partial charge in [-0.2, -0.15) is 4.72 Å². The molecule has 0 saturated carbocycles. The van der Waals surface area contributed by atoms with Gasteiger partial charge in [-0.1, -0.05) is 29.8 Å². The summed E-state index contributed by atoms with van der Waals surface area (Å²) in [6.45, 7) is 1.91. The number of benzene rings is 1. The molecule has 1 unspecified atom stereocenters. The molecule has 118 valence electrons. The van der Waals surface area contributed by atoms with E-state index in [4.69, 9.17) is 4.74 Å². The maximum Gasteiger partial charge on any atom is 0.328 e. The van der Waals surface area contributed by atoms with Crippen LogP contribution in [-0.2, 0) is 25.3 Å². The number of hydrogen-bond donors (Lipinski definition) is 1. The molecule has 0 aliphatic heterocycles. The summed E-state index contributed by atoms with van der Waals surface area (Å²) in [7, 11) is -2.50. The quantitative estimate of drug-likeness (QED) is 0.810. The van der Waals surface area contributed by atoms with Crippen molar-refractivity contribution in [1.82, 2.24) is 9.71 Å². The summed E-state index contributed by atoms with van der Waals surface area (Å²) >= 11 is 1.31. The minimum Gasteiger partial charge on any atom is -0.468 e. The number of ether oxygens (including phenoxy) is 1. The number of sulfonamides is 1. The van der Waals surface area contributed by atoms with Crippen LogP contribution < -0.4 is 4.72 Å². The Kier molecular flexibility index (Phi) is 5.28. The summed E-state index contributed by atoms with van der Waals surface area (Å²) in [5.74, 6) is -0.943. The van der Waals surface area contributed by atoms with Crippen LogP contribution in [0.3, 0.4) is 0 Å². The molecule has 0 amide bonds. The van der Waals surface area contributed by atoms with Crippen LogP contribution in [0, 0.1) is 6.92 Å². The van der Waals surface area contributed by atoms with Crippen molar-refractivity contribution >= 4 is 27.3 Å². The smallest absolute Gasteiger partial charge is 0.328 e. The van der Waals surface area contributed by atoms with Crippen molar-refractivity contribution in [2.24, 2.45) is 0 Å². The van der Waals surface area contributed by atoms with Crippen molar-refractivity contribution in [3.8, 4) is 0 Å². The number of thiazole rings is 1. The first kappa shape index (κ1) is 16.6. The van der Waals surface area contributed by atoms with Gasteiger partial charge in [0.15, 0.2) is 0 Å². The zero-order valence-corrected chi connectivity index (χ0v) is 13.8. The Morgan fingerprint density at radius 2 is 2.05 bits per heavy atom. The van der Waals surface area contributed by atoms with E-state index in [1.807, 2.05) is 6.92 Å². The van der Waals surface area contributed by atoms with Gasteiger partial charge < -0.3 is 4.74 Å². The summed E-state index contributed by atoms with van der Waals surface area (Å²) in [6, 6.07) is 5.93. The van der Waals surface area contributed by atoms with E-state index in [1.165, 1.54) is 18.4 Å². The monoisotopic (exact) mass is 340 g/mol. The highest BCUT2D eigenvalue weighted by atomic mass is 32.2. The first-order valence-electron chi connectivity index (χ1n) is 6.43. The van der Waals surface area contributed by atoms with Crippen molar-refractivity contribution in [3.63, 3.8) is 0 Å². The van der Waals surface area contributed by atoms with E-state index in [-0.39, 0.29) is 5.75 Å². The van der Waals surface area contributed by atoms with Crippen LogP contribution in [-0.4, -0.2) is 26.5 Å². The van der Waals surface area contributed by atoms with Gasteiger partial charge in [0.2, 0.25) is 10.0 Å². The van der Waals surface area contributed by atoms with Crippen LogP contribution in [0.25, 0.3) is 0 Å². The molecule has 0 radical (unpaired) electrons. The van der Waals surface area contributed by atoms with Gasteiger partial charge in [0.25, 0.3) is 0 Å². The van der Waals surface area contributed by atoms with Crippen LogP contribution in [0.5, 0.6) is 0 Å². The Morgan fingerprint density at radius 1 is 1.36 bits per heavy atom. The number of carbonyl (C=O) groups is 1. The summed E-state index contributed by atoms with van der Waals surface area (Å²) < 4.78 is 31.5. The van der Waals surface area contributed by atoms with E-state index in [0.29, 0.717) is 11.3 Å². The second kappa shape index (κ2) is 6.99. The minimum atomic E-state index is -3.72. The molecule has 0 aliphatic rings. The average Bonchev–Trinajstić information content (AvgIpc) is 2.97. The second-order valence-electron chi connectivity index (χ2n) is 4.72. The van der Waals surface area contributed by atoms with Gasteiger partial charge in [-0.05, 0) is 12.5 Å². The fraction of sp³-hybridized carbons (Fsp3) is 0.286. The molecular weight excluding hydrogens is 324 g/mol. The van der Waals surface area contributed by atoms with Crippen LogP contribution in [0.1, 0.15) is 22.9 Å². The molecule has 22 heavy (non-hydrogen) atoms. The molecule has 6 nitrogen and oxygen atoms in total. The van der Waals surface area contributed by atoms with Crippen molar-refractivity contribution in [3.05, 3.63) is 52.0 Å². The lowest BCUT2D eigenvalue weighted by molar-refractivity contribution is -0.142. The SMILES string of the molecule is COC(=O)C(NS(=O)(=O)Cc1cscn1)c1ccc(C)cc1. The summed E-state index contributed by atoms with van der Waals surface area (Å²) in [5.41, 5.74) is 3.53. The van der Waals surface area contributed by atoms with Crippen LogP contribution in [0.4, 0.5) is 0 Å². The molecule has 1 N–H and O–H groups in total. The van der Waals surface area contributed by atoms with Crippen molar-refractivity contribution in [2.75, 3.05) is 7.11 Å². The van der Waals surface area contributed by atoms with E-state index in [0.717, 1.165) is 5.56 Å². The predicted octanol–water partition coefficient (Wildman–Crippen LogP) is 1.79. The number of nitrogens with zero attached hydrogens (tertiary/aromatic N) is 1. The second-order valence-corrected chi connectivity index (χ2v) is 7.20. The highest BCUT2D eigenvalue weighted by Crippen LogP contribution is 2.18. The third-order valence-electron chi connectivity index (χ3n) is 2.97. The van der Waals surface area contributed by atoms with Gasteiger partial charge in [0, 0.05) is 5.38 Å². The lowest BCUT2D eigenvalue weighted by atomic mass is 10.1. The molecular formula is C14H16N2O4S2. The van der Waals surface area contributed by atoms with Crippen LogP contribution in [0.2, 0.25) is 0 Å². The van der Waals surface area contributed by atoms with Crippen molar-refractivity contribution in [1.29, 1.82) is 0 Å². The molecule has 0 saturated heterocycles.